The molecule has 0 aromatic heterocycles. The van der Waals surface area contributed by atoms with E-state index in [0.29, 0.717) is 12.5 Å². The summed E-state index contributed by atoms with van der Waals surface area (Å²) in [5.41, 5.74) is 5.78. The molecule has 0 radical (unpaired) electrons. The molecule has 0 aromatic rings. The summed E-state index contributed by atoms with van der Waals surface area (Å²) < 4.78 is 5.72. The zero-order valence-electron chi connectivity index (χ0n) is 11.6. The number of nitrogens with two attached hydrogens (primary N) is 1. The minimum Gasteiger partial charge on any atom is -0.462 e. The number of hydrogen-bond acceptors (Lipinski definition) is 3. The number of esters is 1. The summed E-state index contributed by atoms with van der Waals surface area (Å²) in [5.74, 6) is 1.26. The Morgan fingerprint density at radius 1 is 1.11 bits per heavy atom. The van der Waals surface area contributed by atoms with Crippen LogP contribution in [0.25, 0.3) is 0 Å². The van der Waals surface area contributed by atoms with E-state index in [0.717, 1.165) is 38.0 Å². The molecule has 2 unspecified atom stereocenters. The summed E-state index contributed by atoms with van der Waals surface area (Å²) in [6.07, 6.45) is 9.10. The van der Waals surface area contributed by atoms with E-state index in [1.165, 1.54) is 19.3 Å². The van der Waals surface area contributed by atoms with Crippen LogP contribution < -0.4 is 5.73 Å². The van der Waals surface area contributed by atoms with Gasteiger partial charge in [0.2, 0.25) is 0 Å². The summed E-state index contributed by atoms with van der Waals surface area (Å²) in [5, 5.41) is 0. The summed E-state index contributed by atoms with van der Waals surface area (Å²) in [7, 11) is 0. The largest absolute Gasteiger partial charge is 0.462 e. The van der Waals surface area contributed by atoms with Gasteiger partial charge in [0.25, 0.3) is 0 Å². The second kappa shape index (κ2) is 6.55. The van der Waals surface area contributed by atoms with Gasteiger partial charge >= 0.3 is 5.97 Å². The number of carbonyl (C=O) groups is 1. The lowest BCUT2D eigenvalue weighted by Crippen LogP contribution is -2.36. The second-order valence-electron chi connectivity index (χ2n) is 6.21. The fourth-order valence-electron chi connectivity index (χ4n) is 3.40. The maximum absolute atomic E-state index is 12.2. The Hall–Kier alpha value is -0.570. The van der Waals surface area contributed by atoms with E-state index in [1.807, 2.05) is 0 Å². The molecular formula is C15H27NO2. The lowest BCUT2D eigenvalue weighted by Gasteiger charge is -2.32. The van der Waals surface area contributed by atoms with E-state index >= 15 is 0 Å². The highest BCUT2D eigenvalue weighted by atomic mass is 16.5. The van der Waals surface area contributed by atoms with Crippen LogP contribution in [0.5, 0.6) is 0 Å². The number of ether oxygens (including phenoxy) is 1. The molecule has 0 heterocycles. The maximum atomic E-state index is 12.2. The molecule has 0 aromatic carbocycles. The van der Waals surface area contributed by atoms with Gasteiger partial charge in [0, 0.05) is 0 Å². The van der Waals surface area contributed by atoms with Crippen LogP contribution >= 0.6 is 0 Å². The van der Waals surface area contributed by atoms with E-state index in [1.54, 1.807) is 0 Å². The van der Waals surface area contributed by atoms with E-state index in [-0.39, 0.29) is 18.0 Å². The van der Waals surface area contributed by atoms with Gasteiger partial charge in [-0.3, -0.25) is 4.79 Å². The average molecular weight is 253 g/mol. The van der Waals surface area contributed by atoms with Crippen LogP contribution in [0.4, 0.5) is 0 Å². The number of carbonyl (C=O) groups excluding carboxylic acids is 1. The molecule has 0 amide bonds. The first kappa shape index (κ1) is 13.9. The molecule has 0 bridgehead atoms. The highest BCUT2D eigenvalue weighted by Gasteiger charge is 2.33. The van der Waals surface area contributed by atoms with Crippen molar-refractivity contribution in [1.29, 1.82) is 0 Å². The Morgan fingerprint density at radius 3 is 2.44 bits per heavy atom. The smallest absolute Gasteiger partial charge is 0.309 e. The van der Waals surface area contributed by atoms with Crippen molar-refractivity contribution in [2.45, 2.75) is 64.4 Å². The molecule has 2 saturated carbocycles. The highest BCUT2D eigenvalue weighted by molar-refractivity contribution is 5.73. The molecule has 2 aliphatic carbocycles. The zero-order chi connectivity index (χ0) is 13.0. The van der Waals surface area contributed by atoms with Crippen molar-refractivity contribution in [1.82, 2.24) is 0 Å². The molecule has 0 saturated heterocycles. The first-order valence-electron chi connectivity index (χ1n) is 7.61. The predicted molar refractivity (Wildman–Crippen MR) is 72.0 cm³/mol. The van der Waals surface area contributed by atoms with E-state index in [9.17, 15) is 4.79 Å². The molecule has 2 aliphatic rings. The third-order valence-corrected chi connectivity index (χ3v) is 4.76. The Morgan fingerprint density at radius 2 is 1.78 bits per heavy atom. The zero-order valence-corrected chi connectivity index (χ0v) is 11.6. The fraction of sp³-hybridized carbons (Fsp3) is 0.933. The average Bonchev–Trinajstić information content (AvgIpc) is 2.41. The van der Waals surface area contributed by atoms with Gasteiger partial charge in [-0.25, -0.2) is 0 Å². The first-order valence-corrected chi connectivity index (χ1v) is 7.61. The van der Waals surface area contributed by atoms with Gasteiger partial charge in [-0.1, -0.05) is 19.8 Å². The van der Waals surface area contributed by atoms with Crippen LogP contribution in [-0.2, 0) is 9.53 Å². The van der Waals surface area contributed by atoms with Gasteiger partial charge < -0.3 is 10.5 Å². The first-order chi connectivity index (χ1) is 8.70. The molecule has 0 spiro atoms. The quantitative estimate of drug-likeness (QED) is 0.787. The van der Waals surface area contributed by atoms with Crippen LogP contribution in [-0.4, -0.2) is 18.6 Å². The maximum Gasteiger partial charge on any atom is 0.309 e. The lowest BCUT2D eigenvalue weighted by molar-refractivity contribution is -0.159. The van der Waals surface area contributed by atoms with Crippen molar-refractivity contribution in [3.8, 4) is 0 Å². The Bertz CT molecular complexity index is 272. The lowest BCUT2D eigenvalue weighted by atomic mass is 9.79. The minimum absolute atomic E-state index is 0.0321. The molecule has 3 nitrogen and oxygen atoms in total. The SMILES string of the molecule is CC1CCC(OC(=O)C2CCCCC2CN)CC1. The molecule has 0 aliphatic heterocycles. The van der Waals surface area contributed by atoms with Crippen molar-refractivity contribution in [3.05, 3.63) is 0 Å². The standard InChI is InChI=1S/C15H27NO2/c1-11-6-8-13(9-7-11)18-15(17)14-5-3-2-4-12(14)10-16/h11-14H,2-10,16H2,1H3. The number of hydrogen-bond donors (Lipinski definition) is 1. The van der Waals surface area contributed by atoms with Gasteiger partial charge in [0.1, 0.15) is 6.10 Å². The van der Waals surface area contributed by atoms with Crippen molar-refractivity contribution in [2.24, 2.45) is 23.5 Å². The Labute approximate surface area is 110 Å². The van der Waals surface area contributed by atoms with Gasteiger partial charge in [0.05, 0.1) is 5.92 Å². The third kappa shape index (κ3) is 3.47. The summed E-state index contributed by atoms with van der Waals surface area (Å²) in [6, 6.07) is 0. The fourth-order valence-corrected chi connectivity index (χ4v) is 3.40. The Balaban J connectivity index is 1.82. The molecule has 3 heteroatoms. The van der Waals surface area contributed by atoms with Crippen molar-refractivity contribution in [2.75, 3.05) is 6.54 Å². The van der Waals surface area contributed by atoms with Gasteiger partial charge in [-0.2, -0.15) is 0 Å². The molecule has 2 atom stereocenters. The predicted octanol–water partition coefficient (Wildman–Crippen LogP) is 2.87. The van der Waals surface area contributed by atoms with Gasteiger partial charge in [0.15, 0.2) is 0 Å². The van der Waals surface area contributed by atoms with Crippen LogP contribution in [0.1, 0.15) is 58.3 Å². The van der Waals surface area contributed by atoms with E-state index in [4.69, 9.17) is 10.5 Å². The third-order valence-electron chi connectivity index (χ3n) is 4.76. The molecule has 2 rings (SSSR count). The molecule has 2 N–H and O–H groups in total. The van der Waals surface area contributed by atoms with Crippen molar-refractivity contribution in [3.63, 3.8) is 0 Å². The van der Waals surface area contributed by atoms with Crippen molar-refractivity contribution >= 4 is 5.97 Å². The Kier molecular flexibility index (Phi) is 5.04. The normalized spacial score (nSPS) is 37.2. The minimum atomic E-state index is 0.0321. The summed E-state index contributed by atoms with van der Waals surface area (Å²) >= 11 is 0. The van der Waals surface area contributed by atoms with Crippen LogP contribution in [0.3, 0.4) is 0 Å². The number of rotatable bonds is 3. The summed E-state index contributed by atoms with van der Waals surface area (Å²) in [6.45, 7) is 2.91. The van der Waals surface area contributed by atoms with Gasteiger partial charge in [-0.15, -0.1) is 0 Å². The molecule has 18 heavy (non-hydrogen) atoms. The van der Waals surface area contributed by atoms with Crippen LogP contribution in [0, 0.1) is 17.8 Å². The monoisotopic (exact) mass is 253 g/mol. The van der Waals surface area contributed by atoms with Crippen LogP contribution in [0.2, 0.25) is 0 Å². The van der Waals surface area contributed by atoms with E-state index in [2.05, 4.69) is 6.92 Å². The highest BCUT2D eigenvalue weighted by Crippen LogP contribution is 2.32. The molecular weight excluding hydrogens is 226 g/mol. The van der Waals surface area contributed by atoms with E-state index < -0.39 is 0 Å². The van der Waals surface area contributed by atoms with Crippen molar-refractivity contribution < 1.29 is 9.53 Å². The summed E-state index contributed by atoms with van der Waals surface area (Å²) in [4.78, 5) is 12.2. The van der Waals surface area contributed by atoms with Gasteiger partial charge in [-0.05, 0) is 56.9 Å². The molecule has 104 valence electrons. The van der Waals surface area contributed by atoms with Crippen LogP contribution in [0.15, 0.2) is 0 Å². The topological polar surface area (TPSA) is 52.3 Å². The molecule has 2 fully saturated rings. The second-order valence-corrected chi connectivity index (χ2v) is 6.21.